The molecule has 1 amide bonds. The van der Waals surface area contributed by atoms with E-state index in [0.29, 0.717) is 29.2 Å². The predicted molar refractivity (Wildman–Crippen MR) is 108 cm³/mol. The SMILES string of the molecule is CC/C(=N/O)c1cc(C)c(-c2cnc3cc(NC(=O)[C@@H]4C[C@@H]4F)ncc3c2)cn1. The van der Waals surface area contributed by atoms with E-state index in [2.05, 4.69) is 25.4 Å². The van der Waals surface area contributed by atoms with Gasteiger partial charge in [0.25, 0.3) is 0 Å². The molecule has 8 heteroatoms. The molecule has 1 saturated carbocycles. The van der Waals surface area contributed by atoms with Gasteiger partial charge in [0, 0.05) is 41.2 Å². The second-order valence-electron chi connectivity index (χ2n) is 7.12. The largest absolute Gasteiger partial charge is 0.411 e. The molecule has 2 N–H and O–H groups in total. The Morgan fingerprint density at radius 1 is 1.24 bits per heavy atom. The molecule has 0 saturated heterocycles. The molecule has 0 radical (unpaired) electrons. The zero-order chi connectivity index (χ0) is 20.5. The van der Waals surface area contributed by atoms with Crippen molar-refractivity contribution < 1.29 is 14.4 Å². The first-order valence-corrected chi connectivity index (χ1v) is 9.39. The summed E-state index contributed by atoms with van der Waals surface area (Å²) in [7, 11) is 0. The van der Waals surface area contributed by atoms with Crippen LogP contribution in [0.25, 0.3) is 22.0 Å². The Hall–Kier alpha value is -3.42. The number of aryl methyl sites for hydroxylation is 1. The van der Waals surface area contributed by atoms with E-state index in [0.717, 1.165) is 22.1 Å². The van der Waals surface area contributed by atoms with Crippen LogP contribution >= 0.6 is 0 Å². The number of hydrogen-bond donors (Lipinski definition) is 2. The van der Waals surface area contributed by atoms with Gasteiger partial charge in [0.2, 0.25) is 5.91 Å². The Morgan fingerprint density at radius 2 is 2.03 bits per heavy atom. The number of nitrogens with one attached hydrogen (secondary N) is 1. The van der Waals surface area contributed by atoms with Gasteiger partial charge in [-0.05, 0) is 37.5 Å². The highest BCUT2D eigenvalue weighted by Gasteiger charge is 2.43. The summed E-state index contributed by atoms with van der Waals surface area (Å²) in [6, 6.07) is 5.50. The lowest BCUT2D eigenvalue weighted by Gasteiger charge is -2.10. The summed E-state index contributed by atoms with van der Waals surface area (Å²) < 4.78 is 13.0. The van der Waals surface area contributed by atoms with Crippen LogP contribution in [0.15, 0.2) is 41.9 Å². The van der Waals surface area contributed by atoms with Gasteiger partial charge < -0.3 is 10.5 Å². The van der Waals surface area contributed by atoms with E-state index in [9.17, 15) is 9.18 Å². The quantitative estimate of drug-likeness (QED) is 0.389. The lowest BCUT2D eigenvalue weighted by Crippen LogP contribution is -2.15. The Balaban J connectivity index is 1.60. The smallest absolute Gasteiger partial charge is 0.231 e. The molecule has 1 fully saturated rings. The second-order valence-corrected chi connectivity index (χ2v) is 7.12. The van der Waals surface area contributed by atoms with Crippen LogP contribution in [-0.4, -0.2) is 37.9 Å². The average molecular weight is 393 g/mol. The van der Waals surface area contributed by atoms with E-state index in [1.54, 1.807) is 24.7 Å². The number of pyridine rings is 3. The average Bonchev–Trinajstić information content (AvgIpc) is 3.45. The lowest BCUT2D eigenvalue weighted by atomic mass is 10.0. The van der Waals surface area contributed by atoms with Crippen molar-refractivity contribution in [3.8, 4) is 11.1 Å². The molecule has 7 nitrogen and oxygen atoms in total. The normalized spacial score (nSPS) is 18.7. The number of fused-ring (bicyclic) bond motifs is 1. The molecule has 3 heterocycles. The van der Waals surface area contributed by atoms with Gasteiger partial charge >= 0.3 is 0 Å². The van der Waals surface area contributed by atoms with Crippen LogP contribution in [0.2, 0.25) is 0 Å². The molecule has 2 atom stereocenters. The molecule has 0 bridgehead atoms. The first-order valence-electron chi connectivity index (χ1n) is 9.39. The highest BCUT2D eigenvalue weighted by Crippen LogP contribution is 2.34. The number of hydrogen-bond acceptors (Lipinski definition) is 6. The first-order chi connectivity index (χ1) is 14.0. The van der Waals surface area contributed by atoms with E-state index in [1.807, 2.05) is 26.0 Å². The number of halogens is 1. The van der Waals surface area contributed by atoms with Gasteiger partial charge in [-0.2, -0.15) is 0 Å². The third-order valence-corrected chi connectivity index (χ3v) is 5.04. The molecule has 0 unspecified atom stereocenters. The van der Waals surface area contributed by atoms with E-state index in [4.69, 9.17) is 5.21 Å². The maximum atomic E-state index is 13.0. The molecule has 0 aromatic carbocycles. The van der Waals surface area contributed by atoms with Gasteiger partial charge in [-0.25, -0.2) is 9.37 Å². The third kappa shape index (κ3) is 3.78. The van der Waals surface area contributed by atoms with Crippen molar-refractivity contribution in [1.29, 1.82) is 0 Å². The summed E-state index contributed by atoms with van der Waals surface area (Å²) >= 11 is 0. The van der Waals surface area contributed by atoms with Gasteiger partial charge in [-0.15, -0.1) is 0 Å². The van der Waals surface area contributed by atoms with Crippen LogP contribution in [-0.2, 0) is 4.79 Å². The Bertz CT molecular complexity index is 1130. The number of nitrogens with zero attached hydrogens (tertiary/aromatic N) is 4. The number of aromatic nitrogens is 3. The van der Waals surface area contributed by atoms with Crippen LogP contribution in [0.1, 0.15) is 31.0 Å². The van der Waals surface area contributed by atoms with Crippen LogP contribution in [0.3, 0.4) is 0 Å². The van der Waals surface area contributed by atoms with Gasteiger partial charge in [-0.1, -0.05) is 12.1 Å². The van der Waals surface area contributed by atoms with Crippen molar-refractivity contribution in [2.45, 2.75) is 32.9 Å². The molecule has 4 rings (SSSR count). The number of rotatable bonds is 5. The minimum Gasteiger partial charge on any atom is -0.411 e. The number of oxime groups is 1. The summed E-state index contributed by atoms with van der Waals surface area (Å²) in [6.45, 7) is 3.86. The maximum absolute atomic E-state index is 13.0. The fourth-order valence-corrected chi connectivity index (χ4v) is 3.21. The molecule has 29 heavy (non-hydrogen) atoms. The van der Waals surface area contributed by atoms with E-state index in [-0.39, 0.29) is 12.3 Å². The molecule has 0 spiro atoms. The number of amides is 1. The molecule has 1 aliphatic carbocycles. The van der Waals surface area contributed by atoms with Gasteiger partial charge in [-0.3, -0.25) is 14.8 Å². The predicted octanol–water partition coefficient (Wildman–Crippen LogP) is 3.89. The molecule has 0 aliphatic heterocycles. The molecule has 1 aliphatic rings. The first kappa shape index (κ1) is 18.9. The second kappa shape index (κ2) is 7.54. The van der Waals surface area contributed by atoms with Gasteiger partial charge in [0.15, 0.2) is 0 Å². The number of carbonyl (C=O) groups excluding carboxylic acids is 1. The van der Waals surface area contributed by atoms with Crippen molar-refractivity contribution in [1.82, 2.24) is 15.0 Å². The third-order valence-electron chi connectivity index (χ3n) is 5.04. The topological polar surface area (TPSA) is 100 Å². The highest BCUT2D eigenvalue weighted by molar-refractivity contribution is 5.99. The minimum absolute atomic E-state index is 0.275. The summed E-state index contributed by atoms with van der Waals surface area (Å²) in [5.74, 6) is -0.551. The van der Waals surface area contributed by atoms with Gasteiger partial charge in [0.1, 0.15) is 17.7 Å². The molecular formula is C21H20FN5O2. The van der Waals surface area contributed by atoms with Crippen molar-refractivity contribution in [3.63, 3.8) is 0 Å². The Kier molecular flexibility index (Phi) is 4.92. The summed E-state index contributed by atoms with van der Waals surface area (Å²) in [5, 5.41) is 15.8. The fraction of sp³-hybridized carbons (Fsp3) is 0.286. The minimum atomic E-state index is -1.04. The van der Waals surface area contributed by atoms with Gasteiger partial charge in [0.05, 0.1) is 17.1 Å². The molecule has 3 aromatic rings. The van der Waals surface area contributed by atoms with Crippen LogP contribution in [0.4, 0.5) is 10.2 Å². The van der Waals surface area contributed by atoms with Crippen molar-refractivity contribution in [3.05, 3.63) is 48.0 Å². The monoisotopic (exact) mass is 393 g/mol. The van der Waals surface area contributed by atoms with Crippen molar-refractivity contribution >= 4 is 28.3 Å². The van der Waals surface area contributed by atoms with E-state index < -0.39 is 12.1 Å². The van der Waals surface area contributed by atoms with E-state index in [1.165, 1.54) is 0 Å². The molecule has 148 valence electrons. The number of anilines is 1. The summed E-state index contributed by atoms with van der Waals surface area (Å²) in [5.41, 5.74) is 4.61. The molecular weight excluding hydrogens is 373 g/mol. The van der Waals surface area contributed by atoms with E-state index >= 15 is 0 Å². The fourth-order valence-electron chi connectivity index (χ4n) is 3.21. The van der Waals surface area contributed by atoms with Crippen molar-refractivity contribution in [2.24, 2.45) is 11.1 Å². The lowest BCUT2D eigenvalue weighted by molar-refractivity contribution is -0.117. The Labute approximate surface area is 166 Å². The summed E-state index contributed by atoms with van der Waals surface area (Å²) in [6.07, 6.45) is 4.91. The zero-order valence-corrected chi connectivity index (χ0v) is 16.1. The summed E-state index contributed by atoms with van der Waals surface area (Å²) in [4.78, 5) is 25.0. The Morgan fingerprint density at radius 3 is 2.69 bits per heavy atom. The van der Waals surface area contributed by atoms with Crippen LogP contribution < -0.4 is 5.32 Å². The zero-order valence-electron chi connectivity index (χ0n) is 16.1. The number of carbonyl (C=O) groups is 1. The molecule has 3 aromatic heterocycles. The standard InChI is InChI=1S/C21H20FN5O2/c1-3-17(27-29)19-4-11(2)15(10-24-19)12-5-13-9-25-20(7-18(13)23-8-12)26-21(28)14-6-16(14)22/h4-5,7-10,14,16,29H,3,6H2,1-2H3,(H,25,26,28)/b27-17-/t14-,16+/m1/s1. The van der Waals surface area contributed by atoms with Crippen LogP contribution in [0.5, 0.6) is 0 Å². The van der Waals surface area contributed by atoms with Crippen LogP contribution in [0, 0.1) is 12.8 Å². The maximum Gasteiger partial charge on any atom is 0.231 e. The number of alkyl halides is 1. The highest BCUT2D eigenvalue weighted by atomic mass is 19.1. The van der Waals surface area contributed by atoms with Crippen molar-refractivity contribution in [2.75, 3.05) is 5.32 Å².